The summed E-state index contributed by atoms with van der Waals surface area (Å²) in [7, 11) is 1.58. The molecule has 0 spiro atoms. The fraction of sp³-hybridized carbons (Fsp3) is 0.0928. The molecule has 0 aliphatic heterocycles. The summed E-state index contributed by atoms with van der Waals surface area (Å²) in [6.07, 6.45) is 1.32. The molecule has 0 amide bonds. The van der Waals surface area contributed by atoms with Crippen LogP contribution in [0.5, 0.6) is 5.75 Å². The Morgan fingerprint density at radius 1 is 0.273 bits per heavy atom. The first-order valence-corrected chi connectivity index (χ1v) is 43.4. The fourth-order valence-electron chi connectivity index (χ4n) is 11.5. The van der Waals surface area contributed by atoms with Crippen LogP contribution in [0.15, 0.2) is 323 Å². The van der Waals surface area contributed by atoms with Crippen LogP contribution in [0.2, 0.25) is 10.0 Å². The van der Waals surface area contributed by atoms with Crippen molar-refractivity contribution in [1.82, 2.24) is 0 Å². The maximum absolute atomic E-state index is 12.6. The zero-order valence-corrected chi connectivity index (χ0v) is 71.3. The third-order valence-electron chi connectivity index (χ3n) is 17.7. The van der Waals surface area contributed by atoms with Crippen LogP contribution in [0.1, 0.15) is 161 Å². The molecule has 608 valence electrons. The van der Waals surface area contributed by atoms with E-state index in [0.29, 0.717) is 98.6 Å². The third kappa shape index (κ3) is 26.1. The molecule has 0 aliphatic carbocycles. The predicted molar refractivity (Wildman–Crippen MR) is 478 cm³/mol. The molecule has 0 saturated heterocycles. The van der Waals surface area contributed by atoms with Crippen LogP contribution in [0.25, 0.3) is 0 Å². The van der Waals surface area contributed by atoms with Crippen molar-refractivity contribution in [3.63, 3.8) is 0 Å². The molecule has 0 unspecified atom stereocenters. The zero-order chi connectivity index (χ0) is 85.2. The molecule has 0 saturated carbocycles. The van der Waals surface area contributed by atoms with Crippen molar-refractivity contribution < 1.29 is 76.4 Å². The molecule has 0 atom stereocenters. The number of benzene rings is 9. The van der Waals surface area contributed by atoms with Crippen molar-refractivity contribution in [2.24, 2.45) is 0 Å². The first kappa shape index (κ1) is 89.1. The molecule has 15 aromatic rings. The summed E-state index contributed by atoms with van der Waals surface area (Å²) in [6.45, 7) is 2.95. The number of rotatable bonds is 28. The maximum Gasteiger partial charge on any atom is 0.339 e. The summed E-state index contributed by atoms with van der Waals surface area (Å²) in [5, 5.41) is 14.4. The summed E-state index contributed by atoms with van der Waals surface area (Å²) < 4.78 is 31.9. The number of carbonyl (C=O) groups excluding carboxylic acids is 10. The molecule has 0 fully saturated rings. The summed E-state index contributed by atoms with van der Waals surface area (Å²) in [4.78, 5) is 128. The molecule has 24 heteroatoms. The van der Waals surface area contributed by atoms with Gasteiger partial charge in [-0.1, -0.05) is 211 Å². The normalized spacial score (nSPS) is 10.4. The highest BCUT2D eigenvalue weighted by Crippen LogP contribution is 2.27. The minimum absolute atomic E-state index is 0.0981. The summed E-state index contributed by atoms with van der Waals surface area (Å²) in [6, 6.07) is 83.0. The number of aryl methyl sites for hydroxylation is 1. The number of esters is 5. The number of ketones is 5. The van der Waals surface area contributed by atoms with Crippen molar-refractivity contribution in [3.8, 4) is 5.75 Å². The Bertz CT molecular complexity index is 5960. The first-order chi connectivity index (χ1) is 58.9. The lowest BCUT2D eigenvalue weighted by molar-refractivity contribution is 0.0462. The molecule has 9 aromatic carbocycles. The standard InChI is InChI=1S/C21H18O3S.C20H16O4S.2C19H13ClO3S.C18H14O3S2/c1-15-8-10-16(11-9-15)12-13-24-21(23)18-6-3-2-5-17(18)20(22)19-7-4-14-25-19;1-23-15-7-4-6-14(12-15)13-24-20(22)17-9-3-2-8-16(17)19(21)18-10-5-11-25-18;20-14-6-3-5-13(11-14)12-23-19(22)16-8-2-1-7-15(16)18(21)17-9-4-10-24-17;20-14-9-7-13(8-10-14)12-23-19(22)16-5-2-1-4-15(16)18(21)17-6-3-11-24-17;19-17(16-6-3-10-23-16)14-4-1-2-5-15(14)18(20)21-9-7-13-8-11-22-12-13/h2-11,14H,12-13H2,1H3;2-12H,13H2,1H3;2*1-11H,12H2;1-6,8,10-12H,7,9H2. The molecule has 0 N–H and O–H groups in total. The molecule has 0 aliphatic rings. The van der Waals surface area contributed by atoms with E-state index in [1.165, 1.54) is 62.2 Å². The Kier molecular flexibility index (Phi) is 33.9. The van der Waals surface area contributed by atoms with E-state index < -0.39 is 29.8 Å². The van der Waals surface area contributed by atoms with Gasteiger partial charge in [-0.2, -0.15) is 11.3 Å². The molecule has 6 aromatic heterocycles. The summed E-state index contributed by atoms with van der Waals surface area (Å²) >= 11 is 20.1. The fourth-order valence-corrected chi connectivity index (χ4v) is 15.9. The minimum Gasteiger partial charge on any atom is -0.497 e. The third-order valence-corrected chi connectivity index (χ3v) is 23.2. The van der Waals surface area contributed by atoms with Crippen LogP contribution in [0.4, 0.5) is 0 Å². The highest BCUT2D eigenvalue weighted by molar-refractivity contribution is 7.13. The second-order valence-electron chi connectivity index (χ2n) is 26.0. The lowest BCUT2D eigenvalue weighted by atomic mass is 10.0. The average molecular weight is 1760 g/mol. The van der Waals surface area contributed by atoms with E-state index in [1.807, 2.05) is 117 Å². The monoisotopic (exact) mass is 1760 g/mol. The van der Waals surface area contributed by atoms with E-state index in [1.54, 1.807) is 231 Å². The molecule has 0 radical (unpaired) electrons. The number of thiophene rings is 6. The van der Waals surface area contributed by atoms with Crippen molar-refractivity contribution in [3.05, 3.63) is 446 Å². The molecular formula is C97H74Cl2O16S6. The van der Waals surface area contributed by atoms with Crippen LogP contribution < -0.4 is 4.74 Å². The van der Waals surface area contributed by atoms with E-state index in [4.69, 9.17) is 51.6 Å². The Morgan fingerprint density at radius 2 is 0.587 bits per heavy atom. The van der Waals surface area contributed by atoms with Gasteiger partial charge in [0.15, 0.2) is 0 Å². The number of carbonyl (C=O) groups is 10. The highest BCUT2D eigenvalue weighted by atomic mass is 35.5. The van der Waals surface area contributed by atoms with Gasteiger partial charge in [0.05, 0.1) is 72.5 Å². The molecule has 15 rings (SSSR count). The van der Waals surface area contributed by atoms with Gasteiger partial charge in [-0.15, -0.1) is 56.7 Å². The molecule has 0 bridgehead atoms. The van der Waals surface area contributed by atoms with Gasteiger partial charge in [-0.05, 0) is 176 Å². The minimum atomic E-state index is -0.532. The maximum atomic E-state index is 12.6. The number of hydrogen-bond donors (Lipinski definition) is 0. The van der Waals surface area contributed by atoms with Gasteiger partial charge in [-0.25, -0.2) is 24.0 Å². The molecule has 121 heavy (non-hydrogen) atoms. The van der Waals surface area contributed by atoms with Crippen molar-refractivity contribution in [2.45, 2.75) is 39.6 Å². The highest BCUT2D eigenvalue weighted by Gasteiger charge is 2.26. The zero-order valence-electron chi connectivity index (χ0n) is 64.9. The smallest absolute Gasteiger partial charge is 0.339 e. The van der Waals surface area contributed by atoms with E-state index >= 15 is 0 Å². The first-order valence-electron chi connectivity index (χ1n) is 37.3. The predicted octanol–water partition coefficient (Wildman–Crippen LogP) is 23.5. The largest absolute Gasteiger partial charge is 0.497 e. The van der Waals surface area contributed by atoms with Gasteiger partial charge in [0.2, 0.25) is 28.9 Å². The van der Waals surface area contributed by atoms with Crippen molar-refractivity contribution in [2.75, 3.05) is 20.3 Å². The van der Waals surface area contributed by atoms with Gasteiger partial charge in [0.1, 0.15) is 25.6 Å². The Balaban J connectivity index is 0.000000148. The van der Waals surface area contributed by atoms with Gasteiger partial charge in [0, 0.05) is 50.7 Å². The van der Waals surface area contributed by atoms with Crippen LogP contribution in [-0.4, -0.2) is 79.1 Å². The number of methoxy groups -OCH3 is 1. The van der Waals surface area contributed by atoms with Crippen LogP contribution in [-0.2, 0) is 56.3 Å². The van der Waals surface area contributed by atoms with E-state index in [9.17, 15) is 47.9 Å². The second-order valence-corrected chi connectivity index (χ2v) is 32.4. The average Bonchev–Trinajstić information content (AvgIpc) is 1.81. The van der Waals surface area contributed by atoms with Crippen LogP contribution in [0.3, 0.4) is 0 Å². The number of hydrogen-bond acceptors (Lipinski definition) is 22. The second kappa shape index (κ2) is 46.0. The number of halogens is 2. The van der Waals surface area contributed by atoms with E-state index in [0.717, 1.165) is 27.8 Å². The topological polar surface area (TPSA) is 226 Å². The Morgan fingerprint density at radius 3 is 0.909 bits per heavy atom. The Hall–Kier alpha value is -12.7. The van der Waals surface area contributed by atoms with Crippen molar-refractivity contribution >= 4 is 150 Å². The van der Waals surface area contributed by atoms with Gasteiger partial charge < -0.3 is 28.4 Å². The van der Waals surface area contributed by atoms with Gasteiger partial charge in [-0.3, -0.25) is 24.0 Å². The summed E-state index contributed by atoms with van der Waals surface area (Å²) in [5.41, 5.74) is 9.11. The van der Waals surface area contributed by atoms with Crippen LogP contribution >= 0.6 is 91.2 Å². The lowest BCUT2D eigenvalue weighted by Crippen LogP contribution is -2.13. The van der Waals surface area contributed by atoms with Gasteiger partial charge >= 0.3 is 29.8 Å². The van der Waals surface area contributed by atoms with Gasteiger partial charge in [0.25, 0.3) is 0 Å². The van der Waals surface area contributed by atoms with Crippen LogP contribution in [0, 0.1) is 6.92 Å². The lowest BCUT2D eigenvalue weighted by Gasteiger charge is -2.09. The molecule has 6 heterocycles. The number of ether oxygens (including phenoxy) is 6. The van der Waals surface area contributed by atoms with E-state index in [2.05, 4.69) is 0 Å². The molecular weight excluding hydrogens is 1680 g/mol. The molecule has 16 nitrogen and oxygen atoms in total. The summed E-state index contributed by atoms with van der Waals surface area (Å²) in [5.74, 6) is -2.64. The SMILES string of the molecule is COc1cccc(COC(=O)c2ccccc2C(=O)c2cccs2)c1.Cc1ccc(CCOC(=O)c2ccccc2C(=O)c2cccs2)cc1.O=C(OCCc1ccsc1)c1ccccc1C(=O)c1cccs1.O=C(OCc1ccc(Cl)cc1)c1ccccc1C(=O)c1cccs1.O=C(OCc1cccc(Cl)c1)c1ccccc1C(=O)c1cccs1. The Labute approximate surface area is 732 Å². The van der Waals surface area contributed by atoms with Crippen molar-refractivity contribution in [1.29, 1.82) is 0 Å². The van der Waals surface area contributed by atoms with E-state index in [-0.39, 0.29) is 72.0 Å². The quantitative estimate of drug-likeness (QED) is 0.0252.